The van der Waals surface area contributed by atoms with E-state index in [0.29, 0.717) is 23.7 Å². The molecule has 4 heteroatoms. The van der Waals surface area contributed by atoms with Gasteiger partial charge in [-0.25, -0.2) is 0 Å². The van der Waals surface area contributed by atoms with Crippen molar-refractivity contribution < 1.29 is 9.84 Å². The van der Waals surface area contributed by atoms with E-state index in [9.17, 15) is 5.11 Å². The van der Waals surface area contributed by atoms with Gasteiger partial charge in [0.05, 0.1) is 6.10 Å². The summed E-state index contributed by atoms with van der Waals surface area (Å²) in [6, 6.07) is 5.63. The maximum absolute atomic E-state index is 9.80. The van der Waals surface area contributed by atoms with E-state index in [1.54, 1.807) is 12.1 Å². The second kappa shape index (κ2) is 5.08. The van der Waals surface area contributed by atoms with E-state index in [4.69, 9.17) is 16.3 Å². The molecule has 98 valence electrons. The maximum Gasteiger partial charge on any atom is 0.121 e. The Morgan fingerprint density at radius 3 is 2.89 bits per heavy atom. The Hall–Kier alpha value is -0.770. The molecule has 1 saturated heterocycles. The summed E-state index contributed by atoms with van der Waals surface area (Å²) in [5.41, 5.74) is 0.778. The van der Waals surface area contributed by atoms with E-state index in [1.807, 2.05) is 6.07 Å². The molecule has 18 heavy (non-hydrogen) atoms. The average molecular weight is 268 g/mol. The van der Waals surface area contributed by atoms with Crippen LogP contribution in [-0.2, 0) is 11.3 Å². The molecule has 1 heterocycles. The molecule has 2 aliphatic rings. The third-order valence-electron chi connectivity index (χ3n) is 3.86. The number of ether oxygens (including phenoxy) is 1. The Morgan fingerprint density at radius 2 is 2.17 bits per heavy atom. The van der Waals surface area contributed by atoms with Gasteiger partial charge in [0, 0.05) is 29.8 Å². The first kappa shape index (κ1) is 12.3. The molecule has 1 aromatic rings. The molecule has 1 aliphatic carbocycles. The van der Waals surface area contributed by atoms with Crippen molar-refractivity contribution in [1.82, 2.24) is 5.32 Å². The summed E-state index contributed by atoms with van der Waals surface area (Å²) >= 11 is 6.10. The molecule has 0 spiro atoms. The molecular weight excluding hydrogens is 250 g/mol. The van der Waals surface area contributed by atoms with Gasteiger partial charge in [0.25, 0.3) is 0 Å². The first-order valence-corrected chi connectivity index (χ1v) is 6.95. The van der Waals surface area contributed by atoms with E-state index >= 15 is 0 Å². The van der Waals surface area contributed by atoms with Gasteiger partial charge >= 0.3 is 0 Å². The van der Waals surface area contributed by atoms with Gasteiger partial charge in [-0.15, -0.1) is 0 Å². The van der Waals surface area contributed by atoms with Crippen LogP contribution < -0.4 is 5.32 Å². The number of nitrogens with one attached hydrogen (secondary N) is 1. The number of phenolic OH excluding ortho intramolecular Hbond substituents is 1. The third-order valence-corrected chi connectivity index (χ3v) is 4.21. The third kappa shape index (κ3) is 2.48. The molecule has 3 nitrogen and oxygen atoms in total. The zero-order chi connectivity index (χ0) is 12.5. The van der Waals surface area contributed by atoms with Gasteiger partial charge in [-0.1, -0.05) is 17.7 Å². The van der Waals surface area contributed by atoms with Crippen LogP contribution in [0.5, 0.6) is 5.75 Å². The number of benzene rings is 1. The van der Waals surface area contributed by atoms with Crippen LogP contribution in [0.25, 0.3) is 0 Å². The number of hydrogen-bond acceptors (Lipinski definition) is 3. The topological polar surface area (TPSA) is 41.5 Å². The smallest absolute Gasteiger partial charge is 0.121 e. The van der Waals surface area contributed by atoms with Gasteiger partial charge in [0.2, 0.25) is 0 Å². The molecule has 1 saturated carbocycles. The van der Waals surface area contributed by atoms with Crippen molar-refractivity contribution in [2.45, 2.75) is 38.0 Å². The summed E-state index contributed by atoms with van der Waals surface area (Å²) in [5.74, 6) is 1.00. The molecule has 0 radical (unpaired) electrons. The van der Waals surface area contributed by atoms with E-state index in [0.717, 1.165) is 24.5 Å². The largest absolute Gasteiger partial charge is 0.508 e. The fraction of sp³-hybridized carbons (Fsp3) is 0.571. The molecule has 2 fully saturated rings. The summed E-state index contributed by atoms with van der Waals surface area (Å²) in [4.78, 5) is 0. The predicted octanol–water partition coefficient (Wildman–Crippen LogP) is 2.70. The van der Waals surface area contributed by atoms with Gasteiger partial charge in [0.1, 0.15) is 5.75 Å². The monoisotopic (exact) mass is 267 g/mol. The summed E-state index contributed by atoms with van der Waals surface area (Å²) < 4.78 is 5.78. The van der Waals surface area contributed by atoms with E-state index in [1.165, 1.54) is 12.8 Å². The average Bonchev–Trinajstić information content (AvgIpc) is 3.09. The highest BCUT2D eigenvalue weighted by Gasteiger charge is 2.40. The Balaban J connectivity index is 1.63. The van der Waals surface area contributed by atoms with Crippen molar-refractivity contribution >= 4 is 11.6 Å². The quantitative estimate of drug-likeness (QED) is 0.881. The van der Waals surface area contributed by atoms with Crippen LogP contribution in [0.15, 0.2) is 18.2 Å². The molecule has 2 atom stereocenters. The van der Waals surface area contributed by atoms with Crippen LogP contribution >= 0.6 is 11.6 Å². The zero-order valence-corrected chi connectivity index (χ0v) is 11.0. The van der Waals surface area contributed by atoms with Gasteiger partial charge in [0.15, 0.2) is 0 Å². The highest BCUT2D eigenvalue weighted by Crippen LogP contribution is 2.39. The minimum atomic E-state index is 0.261. The van der Waals surface area contributed by atoms with Gasteiger partial charge in [-0.2, -0.15) is 0 Å². The lowest BCUT2D eigenvalue weighted by atomic mass is 10.1. The van der Waals surface area contributed by atoms with E-state index in [2.05, 4.69) is 5.32 Å². The van der Waals surface area contributed by atoms with Crippen molar-refractivity contribution in [2.24, 2.45) is 5.92 Å². The minimum Gasteiger partial charge on any atom is -0.508 e. The Morgan fingerprint density at radius 1 is 1.33 bits per heavy atom. The molecule has 1 aromatic carbocycles. The second-order valence-electron chi connectivity index (χ2n) is 5.19. The first-order chi connectivity index (χ1) is 8.75. The number of hydrogen-bond donors (Lipinski definition) is 2. The van der Waals surface area contributed by atoms with Crippen molar-refractivity contribution in [3.05, 3.63) is 28.8 Å². The summed E-state index contributed by atoms with van der Waals surface area (Å²) in [6.45, 7) is 1.44. The molecule has 2 N–H and O–H groups in total. The van der Waals surface area contributed by atoms with Crippen LogP contribution in [-0.4, -0.2) is 23.9 Å². The van der Waals surface area contributed by atoms with Crippen LogP contribution in [0.1, 0.15) is 24.8 Å². The van der Waals surface area contributed by atoms with E-state index < -0.39 is 0 Å². The molecule has 0 aromatic heterocycles. The van der Waals surface area contributed by atoms with Crippen LogP contribution in [0, 0.1) is 5.92 Å². The van der Waals surface area contributed by atoms with Crippen LogP contribution in [0.2, 0.25) is 5.02 Å². The molecule has 3 rings (SSSR count). The normalized spacial score (nSPS) is 27.6. The number of rotatable bonds is 4. The number of aromatic hydroxyl groups is 1. The second-order valence-corrected chi connectivity index (χ2v) is 5.59. The zero-order valence-electron chi connectivity index (χ0n) is 10.2. The minimum absolute atomic E-state index is 0.261. The predicted molar refractivity (Wildman–Crippen MR) is 70.8 cm³/mol. The lowest BCUT2D eigenvalue weighted by molar-refractivity contribution is 0.0808. The Bertz CT molecular complexity index is 414. The number of phenols is 1. The van der Waals surface area contributed by atoms with Gasteiger partial charge in [-0.05, 0) is 37.3 Å². The highest BCUT2D eigenvalue weighted by atomic mass is 35.5. The SMILES string of the molecule is Oc1cccc(Cl)c1CNC1CCOC1C1CC1. The summed E-state index contributed by atoms with van der Waals surface area (Å²) in [6.07, 6.45) is 3.99. The van der Waals surface area contributed by atoms with Crippen molar-refractivity contribution in [1.29, 1.82) is 0 Å². The van der Waals surface area contributed by atoms with Crippen molar-refractivity contribution in [3.8, 4) is 5.75 Å². The van der Waals surface area contributed by atoms with Crippen molar-refractivity contribution in [2.75, 3.05) is 6.61 Å². The Kier molecular flexibility index (Phi) is 3.46. The van der Waals surface area contributed by atoms with E-state index in [-0.39, 0.29) is 5.75 Å². The Labute approximate surface area is 112 Å². The van der Waals surface area contributed by atoms with Crippen molar-refractivity contribution in [3.63, 3.8) is 0 Å². The van der Waals surface area contributed by atoms with Crippen LogP contribution in [0.4, 0.5) is 0 Å². The molecule has 1 aliphatic heterocycles. The summed E-state index contributed by atoms with van der Waals surface area (Å²) in [5, 5.41) is 13.9. The van der Waals surface area contributed by atoms with Gasteiger partial charge < -0.3 is 15.2 Å². The lowest BCUT2D eigenvalue weighted by Crippen LogP contribution is -2.37. The molecule has 2 unspecified atom stereocenters. The highest BCUT2D eigenvalue weighted by molar-refractivity contribution is 6.31. The molecular formula is C14H18ClNO2. The summed E-state index contributed by atoms with van der Waals surface area (Å²) in [7, 11) is 0. The molecule has 0 amide bonds. The lowest BCUT2D eigenvalue weighted by Gasteiger charge is -2.20. The fourth-order valence-corrected chi connectivity index (χ4v) is 2.91. The van der Waals surface area contributed by atoms with Crippen LogP contribution in [0.3, 0.4) is 0 Å². The standard InChI is InChI=1S/C14H18ClNO2/c15-11-2-1-3-13(17)10(11)8-16-12-6-7-18-14(12)9-4-5-9/h1-3,9,12,14,16-17H,4-8H2. The first-order valence-electron chi connectivity index (χ1n) is 6.57. The maximum atomic E-state index is 9.80. The van der Waals surface area contributed by atoms with Gasteiger partial charge in [-0.3, -0.25) is 0 Å². The number of halogens is 1. The molecule has 0 bridgehead atoms. The fourth-order valence-electron chi connectivity index (χ4n) is 2.67.